The molecule has 1 N–H and O–H groups in total. The highest BCUT2D eigenvalue weighted by Gasteiger charge is 2.32. The highest BCUT2D eigenvalue weighted by Crippen LogP contribution is 2.36. The van der Waals surface area contributed by atoms with Gasteiger partial charge in [-0.15, -0.1) is 0 Å². The quantitative estimate of drug-likeness (QED) is 0.861. The summed E-state index contributed by atoms with van der Waals surface area (Å²) >= 11 is 0. The number of hydrogen-bond donors (Lipinski definition) is 1. The number of benzene rings is 2. The Labute approximate surface area is 152 Å². The van der Waals surface area contributed by atoms with E-state index in [0.29, 0.717) is 23.6 Å². The molecule has 6 heteroatoms. The predicted molar refractivity (Wildman–Crippen MR) is 98.2 cm³/mol. The molecule has 1 aliphatic rings. The molecule has 2 aromatic carbocycles. The fraction of sp³-hybridized carbons (Fsp3) is 0.300. The summed E-state index contributed by atoms with van der Waals surface area (Å²) in [5, 5.41) is 12.1. The summed E-state index contributed by atoms with van der Waals surface area (Å²) in [6, 6.07) is 15.0. The number of ether oxygens (including phenoxy) is 2. The van der Waals surface area contributed by atoms with Crippen molar-refractivity contribution in [1.82, 2.24) is 4.90 Å². The summed E-state index contributed by atoms with van der Waals surface area (Å²) in [6.07, 6.45) is 0.559. The Bertz CT molecular complexity index is 844. The number of carbonyl (C=O) groups is 1. The normalized spacial score (nSPS) is 15.7. The average molecular weight is 351 g/mol. The Morgan fingerprint density at radius 2 is 2.04 bits per heavy atom. The van der Waals surface area contributed by atoms with Crippen molar-refractivity contribution in [2.24, 2.45) is 0 Å². The van der Waals surface area contributed by atoms with Gasteiger partial charge in [0.05, 0.1) is 12.7 Å². The third kappa shape index (κ3) is 3.29. The monoisotopic (exact) mass is 351 g/mol. The largest absolute Gasteiger partial charge is 0.493 e. The molecule has 6 nitrogen and oxygen atoms in total. The average Bonchev–Trinajstić information content (AvgIpc) is 2.68. The molecule has 0 unspecified atom stereocenters. The van der Waals surface area contributed by atoms with Gasteiger partial charge in [0.2, 0.25) is 0 Å². The van der Waals surface area contributed by atoms with E-state index in [1.54, 1.807) is 13.2 Å². The summed E-state index contributed by atoms with van der Waals surface area (Å²) in [5.41, 5.74) is 2.39. The van der Waals surface area contributed by atoms with Crippen molar-refractivity contribution in [2.45, 2.75) is 19.5 Å². The molecule has 134 valence electrons. The molecule has 1 amide bonds. The van der Waals surface area contributed by atoms with Crippen molar-refractivity contribution in [3.63, 3.8) is 0 Å². The Kier molecular flexibility index (Phi) is 5.28. The number of anilines is 1. The van der Waals surface area contributed by atoms with E-state index in [2.05, 4.69) is 5.32 Å². The highest BCUT2D eigenvalue weighted by molar-refractivity contribution is 6.01. The smallest absolute Gasteiger partial charge is 0.257 e. The number of nitrogens with one attached hydrogen (secondary N) is 1. The number of nitrogens with zero attached hydrogens (tertiary/aromatic N) is 2. The van der Waals surface area contributed by atoms with Gasteiger partial charge < -0.3 is 19.7 Å². The van der Waals surface area contributed by atoms with E-state index in [1.165, 1.54) is 0 Å². The molecule has 0 aliphatic carbocycles. The van der Waals surface area contributed by atoms with E-state index in [9.17, 15) is 4.79 Å². The second kappa shape index (κ2) is 7.79. The number of hydrogen-bond acceptors (Lipinski definition) is 5. The third-order valence-electron chi connectivity index (χ3n) is 4.28. The first-order valence-electron chi connectivity index (χ1n) is 8.53. The summed E-state index contributed by atoms with van der Waals surface area (Å²) in [6.45, 7) is 2.63. The van der Waals surface area contributed by atoms with E-state index >= 15 is 0 Å². The second-order valence-electron chi connectivity index (χ2n) is 5.95. The van der Waals surface area contributed by atoms with Crippen LogP contribution in [0.3, 0.4) is 0 Å². The molecule has 0 spiro atoms. The lowest BCUT2D eigenvalue weighted by Crippen LogP contribution is -2.43. The van der Waals surface area contributed by atoms with Crippen LogP contribution in [0.15, 0.2) is 42.5 Å². The number of rotatable bonds is 6. The van der Waals surface area contributed by atoms with Crippen LogP contribution in [-0.2, 0) is 0 Å². The SMILES string of the molecule is CCCN1C(=O)c2ccccc2N[C@H]1c1ccc(OCC#N)c(OC)c1. The molecule has 0 bridgehead atoms. The van der Waals surface area contributed by atoms with Crippen LogP contribution in [0.5, 0.6) is 11.5 Å². The van der Waals surface area contributed by atoms with E-state index in [1.807, 2.05) is 54.3 Å². The summed E-state index contributed by atoms with van der Waals surface area (Å²) < 4.78 is 10.8. The van der Waals surface area contributed by atoms with Gasteiger partial charge in [-0.2, -0.15) is 5.26 Å². The summed E-state index contributed by atoms with van der Waals surface area (Å²) in [4.78, 5) is 14.8. The first kappa shape index (κ1) is 17.6. The van der Waals surface area contributed by atoms with Crippen molar-refractivity contribution >= 4 is 11.6 Å². The van der Waals surface area contributed by atoms with Gasteiger partial charge in [-0.25, -0.2) is 0 Å². The lowest BCUT2D eigenvalue weighted by atomic mass is 10.0. The minimum absolute atomic E-state index is 0.00924. The maximum absolute atomic E-state index is 12.9. The van der Waals surface area contributed by atoms with Gasteiger partial charge in [-0.1, -0.05) is 25.1 Å². The highest BCUT2D eigenvalue weighted by atomic mass is 16.5. The Balaban J connectivity index is 1.98. The Hall–Kier alpha value is -3.20. The van der Waals surface area contributed by atoms with E-state index < -0.39 is 0 Å². The van der Waals surface area contributed by atoms with Gasteiger partial charge in [0.15, 0.2) is 18.1 Å². The standard InChI is InChI=1S/C20H21N3O3/c1-3-11-23-19(22-16-7-5-4-6-15(16)20(23)24)14-8-9-17(26-12-10-21)18(13-14)25-2/h4-9,13,19,22H,3,11-12H2,1-2H3/t19-/m1/s1. The van der Waals surface area contributed by atoms with E-state index in [4.69, 9.17) is 14.7 Å². The molecule has 0 saturated carbocycles. The lowest BCUT2D eigenvalue weighted by molar-refractivity contribution is 0.0683. The second-order valence-corrected chi connectivity index (χ2v) is 5.95. The molecule has 3 rings (SSSR count). The Morgan fingerprint density at radius 3 is 2.77 bits per heavy atom. The first-order chi connectivity index (χ1) is 12.7. The first-order valence-corrected chi connectivity index (χ1v) is 8.53. The molecule has 0 aromatic heterocycles. The van der Waals surface area contributed by atoms with Crippen LogP contribution in [0.25, 0.3) is 0 Å². The topological polar surface area (TPSA) is 74.6 Å². The molecule has 2 aromatic rings. The van der Waals surface area contributed by atoms with Gasteiger partial charge in [0, 0.05) is 12.2 Å². The van der Waals surface area contributed by atoms with Crippen LogP contribution >= 0.6 is 0 Å². The molecule has 1 heterocycles. The molecule has 1 atom stereocenters. The van der Waals surface area contributed by atoms with Crippen LogP contribution in [0.1, 0.15) is 35.4 Å². The van der Waals surface area contributed by atoms with Crippen molar-refractivity contribution in [3.05, 3.63) is 53.6 Å². The van der Waals surface area contributed by atoms with Crippen LogP contribution in [0.4, 0.5) is 5.69 Å². The lowest BCUT2D eigenvalue weighted by Gasteiger charge is -2.38. The molecular weight excluding hydrogens is 330 g/mol. The third-order valence-corrected chi connectivity index (χ3v) is 4.28. The van der Waals surface area contributed by atoms with Gasteiger partial charge in [0.25, 0.3) is 5.91 Å². The fourth-order valence-electron chi connectivity index (χ4n) is 3.11. The van der Waals surface area contributed by atoms with Gasteiger partial charge in [-0.05, 0) is 36.2 Å². The minimum atomic E-state index is -0.295. The fourth-order valence-corrected chi connectivity index (χ4v) is 3.11. The molecule has 26 heavy (non-hydrogen) atoms. The zero-order chi connectivity index (χ0) is 18.5. The molecular formula is C20H21N3O3. The van der Waals surface area contributed by atoms with Crippen LogP contribution in [0.2, 0.25) is 0 Å². The molecule has 0 fully saturated rings. The zero-order valence-electron chi connectivity index (χ0n) is 14.9. The van der Waals surface area contributed by atoms with E-state index in [0.717, 1.165) is 17.7 Å². The van der Waals surface area contributed by atoms with Crippen LogP contribution in [0, 0.1) is 11.3 Å². The van der Waals surface area contributed by atoms with Gasteiger partial charge >= 0.3 is 0 Å². The number of fused-ring (bicyclic) bond motifs is 1. The van der Waals surface area contributed by atoms with Crippen molar-refractivity contribution in [3.8, 4) is 17.6 Å². The number of methoxy groups -OCH3 is 1. The minimum Gasteiger partial charge on any atom is -0.493 e. The zero-order valence-corrected chi connectivity index (χ0v) is 14.9. The van der Waals surface area contributed by atoms with Crippen molar-refractivity contribution in [2.75, 3.05) is 25.6 Å². The molecule has 0 radical (unpaired) electrons. The summed E-state index contributed by atoms with van der Waals surface area (Å²) in [5.74, 6) is 1.04. The molecule has 0 saturated heterocycles. The number of nitriles is 1. The number of amides is 1. The van der Waals surface area contributed by atoms with Crippen molar-refractivity contribution < 1.29 is 14.3 Å². The van der Waals surface area contributed by atoms with Gasteiger partial charge in [0.1, 0.15) is 12.2 Å². The predicted octanol–water partition coefficient (Wildman–Crippen LogP) is 3.57. The number of para-hydroxylation sites is 1. The van der Waals surface area contributed by atoms with Crippen LogP contribution < -0.4 is 14.8 Å². The number of carbonyl (C=O) groups excluding carboxylic acids is 1. The van der Waals surface area contributed by atoms with Crippen LogP contribution in [-0.4, -0.2) is 31.1 Å². The maximum Gasteiger partial charge on any atom is 0.257 e. The van der Waals surface area contributed by atoms with Gasteiger partial charge in [-0.3, -0.25) is 4.79 Å². The van der Waals surface area contributed by atoms with Crippen molar-refractivity contribution in [1.29, 1.82) is 5.26 Å². The maximum atomic E-state index is 12.9. The Morgan fingerprint density at radius 1 is 1.23 bits per heavy atom. The summed E-state index contributed by atoms with van der Waals surface area (Å²) in [7, 11) is 1.55. The van der Waals surface area contributed by atoms with E-state index in [-0.39, 0.29) is 18.7 Å². The molecule has 1 aliphatic heterocycles.